The molecular formula is C14H28ClF2N3O2S. The highest BCUT2D eigenvalue weighted by molar-refractivity contribution is 7.88. The lowest BCUT2D eigenvalue weighted by atomic mass is 9.95. The zero-order chi connectivity index (χ0) is 16.2. The highest BCUT2D eigenvalue weighted by Gasteiger charge is 2.31. The van der Waals surface area contributed by atoms with Crippen LogP contribution in [-0.2, 0) is 10.0 Å². The summed E-state index contributed by atoms with van der Waals surface area (Å²) in [5, 5.41) is 3.29. The third-order valence-electron chi connectivity index (χ3n) is 4.73. The van der Waals surface area contributed by atoms with Crippen LogP contribution in [0.25, 0.3) is 0 Å². The quantitative estimate of drug-likeness (QED) is 0.762. The Labute approximate surface area is 144 Å². The zero-order valence-corrected chi connectivity index (χ0v) is 15.2. The predicted octanol–water partition coefficient (Wildman–Crippen LogP) is 1.40. The first-order chi connectivity index (χ1) is 10.4. The van der Waals surface area contributed by atoms with E-state index in [-0.39, 0.29) is 25.0 Å². The average Bonchev–Trinajstić information content (AvgIpc) is 2.46. The predicted molar refractivity (Wildman–Crippen MR) is 89.9 cm³/mol. The first-order valence-electron chi connectivity index (χ1n) is 8.04. The summed E-state index contributed by atoms with van der Waals surface area (Å²) < 4.78 is 50.3. The van der Waals surface area contributed by atoms with E-state index in [1.807, 2.05) is 4.90 Å². The third kappa shape index (κ3) is 6.78. The van der Waals surface area contributed by atoms with Gasteiger partial charge < -0.3 is 5.32 Å². The molecule has 138 valence electrons. The molecule has 0 unspecified atom stereocenters. The van der Waals surface area contributed by atoms with Gasteiger partial charge in [0.15, 0.2) is 0 Å². The molecule has 0 spiro atoms. The first kappa shape index (κ1) is 21.0. The minimum Gasteiger partial charge on any atom is -0.317 e. The summed E-state index contributed by atoms with van der Waals surface area (Å²) in [5.41, 5.74) is 0. The van der Waals surface area contributed by atoms with E-state index in [4.69, 9.17) is 0 Å². The van der Waals surface area contributed by atoms with E-state index in [0.29, 0.717) is 38.4 Å². The number of rotatable bonds is 6. The number of hydrogen-bond donors (Lipinski definition) is 1. The number of sulfonamides is 1. The van der Waals surface area contributed by atoms with Crippen LogP contribution < -0.4 is 5.32 Å². The van der Waals surface area contributed by atoms with E-state index >= 15 is 0 Å². The van der Waals surface area contributed by atoms with Crippen LogP contribution in [0.1, 0.15) is 25.7 Å². The van der Waals surface area contributed by atoms with E-state index in [9.17, 15) is 17.2 Å². The molecular weight excluding hydrogens is 348 g/mol. The van der Waals surface area contributed by atoms with E-state index < -0.39 is 16.4 Å². The first-order valence-corrected chi connectivity index (χ1v) is 9.89. The Morgan fingerprint density at radius 3 is 2.22 bits per heavy atom. The van der Waals surface area contributed by atoms with Crippen LogP contribution in [0.5, 0.6) is 0 Å². The van der Waals surface area contributed by atoms with Gasteiger partial charge >= 0.3 is 0 Å². The SMILES string of the molecule is CS(=O)(=O)N1CCC(N(CC(F)F)CC2CCNCC2)CC1.Cl. The molecule has 2 rings (SSSR count). The van der Waals surface area contributed by atoms with Crippen molar-refractivity contribution in [2.75, 3.05) is 45.5 Å². The lowest BCUT2D eigenvalue weighted by Crippen LogP contribution is -2.49. The Bertz CT molecular complexity index is 439. The van der Waals surface area contributed by atoms with Crippen LogP contribution in [0.4, 0.5) is 8.78 Å². The molecule has 5 nitrogen and oxygen atoms in total. The normalized spacial score (nSPS) is 22.5. The molecule has 0 saturated carbocycles. The molecule has 2 fully saturated rings. The standard InChI is InChI=1S/C14H27F2N3O2S.ClH/c1-22(20,21)19-8-4-13(5-9-19)18(11-14(15)16)10-12-2-6-17-7-3-12;/h12-14,17H,2-11H2,1H3;1H. The number of halogens is 3. The van der Waals surface area contributed by atoms with Crippen LogP contribution in [-0.4, -0.2) is 75.6 Å². The molecule has 0 atom stereocenters. The summed E-state index contributed by atoms with van der Waals surface area (Å²) >= 11 is 0. The van der Waals surface area contributed by atoms with Crippen LogP contribution in [0.2, 0.25) is 0 Å². The summed E-state index contributed by atoms with van der Waals surface area (Å²) in [6.45, 7) is 3.30. The second-order valence-corrected chi connectivity index (χ2v) is 8.41. The largest absolute Gasteiger partial charge is 0.317 e. The Kier molecular flexibility index (Phi) is 8.65. The van der Waals surface area contributed by atoms with Crippen molar-refractivity contribution in [1.82, 2.24) is 14.5 Å². The van der Waals surface area contributed by atoms with Crippen LogP contribution in [0, 0.1) is 5.92 Å². The van der Waals surface area contributed by atoms with E-state index in [1.165, 1.54) is 10.6 Å². The Morgan fingerprint density at radius 1 is 1.17 bits per heavy atom. The molecule has 0 aromatic rings. The highest BCUT2D eigenvalue weighted by atomic mass is 35.5. The average molecular weight is 376 g/mol. The van der Waals surface area contributed by atoms with E-state index in [2.05, 4.69) is 5.32 Å². The minimum absolute atomic E-state index is 0. The molecule has 2 aliphatic rings. The lowest BCUT2D eigenvalue weighted by molar-refractivity contribution is 0.0377. The van der Waals surface area contributed by atoms with Gasteiger partial charge in [0, 0.05) is 25.7 Å². The summed E-state index contributed by atoms with van der Waals surface area (Å²) in [5.74, 6) is 0.466. The summed E-state index contributed by atoms with van der Waals surface area (Å²) in [6.07, 6.45) is 2.22. The highest BCUT2D eigenvalue weighted by Crippen LogP contribution is 2.23. The molecule has 23 heavy (non-hydrogen) atoms. The van der Waals surface area contributed by atoms with Gasteiger partial charge in [-0.2, -0.15) is 0 Å². The molecule has 0 radical (unpaired) electrons. The Hall–Kier alpha value is -0.0200. The van der Waals surface area contributed by atoms with Crippen molar-refractivity contribution in [2.45, 2.75) is 38.2 Å². The number of nitrogens with zero attached hydrogens (tertiary/aromatic N) is 2. The van der Waals surface area contributed by atoms with Gasteiger partial charge in [0.2, 0.25) is 10.0 Å². The van der Waals surface area contributed by atoms with Crippen LogP contribution in [0.15, 0.2) is 0 Å². The molecule has 0 aliphatic carbocycles. The fraction of sp³-hybridized carbons (Fsp3) is 1.00. The maximum absolute atomic E-state index is 12.9. The van der Waals surface area contributed by atoms with E-state index in [0.717, 1.165) is 25.9 Å². The fourth-order valence-corrected chi connectivity index (χ4v) is 4.36. The monoisotopic (exact) mass is 375 g/mol. The van der Waals surface area contributed by atoms with Crippen LogP contribution >= 0.6 is 12.4 Å². The second kappa shape index (κ2) is 9.46. The van der Waals surface area contributed by atoms with Crippen molar-refractivity contribution in [3.8, 4) is 0 Å². The van der Waals surface area contributed by atoms with Crippen LogP contribution in [0.3, 0.4) is 0 Å². The lowest BCUT2D eigenvalue weighted by Gasteiger charge is -2.39. The van der Waals surface area contributed by atoms with Gasteiger partial charge in [-0.05, 0) is 44.7 Å². The van der Waals surface area contributed by atoms with Gasteiger partial charge in [0.1, 0.15) is 0 Å². The molecule has 0 aromatic carbocycles. The second-order valence-electron chi connectivity index (χ2n) is 6.43. The van der Waals surface area contributed by atoms with Gasteiger partial charge in [-0.3, -0.25) is 4.90 Å². The molecule has 1 N–H and O–H groups in total. The fourth-order valence-electron chi connectivity index (χ4n) is 3.48. The van der Waals surface area contributed by atoms with Crippen molar-refractivity contribution in [3.05, 3.63) is 0 Å². The van der Waals surface area contributed by atoms with Crippen molar-refractivity contribution >= 4 is 22.4 Å². The van der Waals surface area contributed by atoms with Gasteiger partial charge in [0.25, 0.3) is 6.43 Å². The molecule has 0 amide bonds. The number of alkyl halides is 2. The molecule has 2 saturated heterocycles. The number of hydrogen-bond acceptors (Lipinski definition) is 4. The van der Waals surface area contributed by atoms with Crippen molar-refractivity contribution in [2.24, 2.45) is 5.92 Å². The molecule has 2 aliphatic heterocycles. The number of nitrogens with one attached hydrogen (secondary N) is 1. The third-order valence-corrected chi connectivity index (χ3v) is 6.04. The van der Waals surface area contributed by atoms with E-state index in [1.54, 1.807) is 0 Å². The van der Waals surface area contributed by atoms with Gasteiger partial charge in [-0.15, -0.1) is 12.4 Å². The minimum atomic E-state index is -3.17. The Balaban J connectivity index is 0.00000264. The van der Waals surface area contributed by atoms with Crippen molar-refractivity contribution in [3.63, 3.8) is 0 Å². The summed E-state index contributed by atoms with van der Waals surface area (Å²) in [4.78, 5) is 1.90. The maximum Gasteiger partial charge on any atom is 0.251 e. The van der Waals surface area contributed by atoms with Crippen molar-refractivity contribution < 1.29 is 17.2 Å². The van der Waals surface area contributed by atoms with Gasteiger partial charge in [0.05, 0.1) is 12.8 Å². The summed E-state index contributed by atoms with van der Waals surface area (Å²) in [7, 11) is -3.17. The van der Waals surface area contributed by atoms with Gasteiger partial charge in [-0.1, -0.05) is 0 Å². The molecule has 9 heteroatoms. The topological polar surface area (TPSA) is 52.7 Å². The maximum atomic E-state index is 12.9. The molecule has 0 bridgehead atoms. The smallest absolute Gasteiger partial charge is 0.251 e. The summed E-state index contributed by atoms with van der Waals surface area (Å²) in [6, 6.07) is 0.0712. The van der Waals surface area contributed by atoms with Gasteiger partial charge in [-0.25, -0.2) is 21.5 Å². The molecule has 2 heterocycles. The zero-order valence-electron chi connectivity index (χ0n) is 13.6. The Morgan fingerprint density at radius 2 is 1.74 bits per heavy atom. The number of piperidine rings is 2. The van der Waals surface area contributed by atoms with Crippen molar-refractivity contribution in [1.29, 1.82) is 0 Å². The molecule has 0 aromatic heterocycles.